The fourth-order valence-electron chi connectivity index (χ4n) is 8.04. The average molecular weight is 481 g/mol. The molecule has 33 heavy (non-hydrogen) atoms. The number of hydrogen-bond donors (Lipinski definition) is 1. The van der Waals surface area contributed by atoms with Gasteiger partial charge in [-0.15, -0.1) is 0 Å². The summed E-state index contributed by atoms with van der Waals surface area (Å²) >= 11 is 0. The van der Waals surface area contributed by atoms with Gasteiger partial charge in [0.2, 0.25) is 0 Å². The van der Waals surface area contributed by atoms with Crippen LogP contribution >= 0.6 is 7.60 Å². The summed E-state index contributed by atoms with van der Waals surface area (Å²) in [6.07, 6.45) is 8.60. The van der Waals surface area contributed by atoms with Crippen LogP contribution in [0.25, 0.3) is 0 Å². The van der Waals surface area contributed by atoms with Crippen molar-refractivity contribution in [1.29, 1.82) is 0 Å². The number of Topliss-reactive ketones (excluding diaryl/α,β-unsaturated/α-hetero) is 1. The fraction of sp³-hybridized carbons (Fsp3) is 0.846. The molecule has 6 nitrogen and oxygen atoms in total. The number of fused-ring (bicyclic) bond motifs is 5. The monoisotopic (exact) mass is 480 g/mol. The van der Waals surface area contributed by atoms with Crippen molar-refractivity contribution in [3.05, 3.63) is 11.6 Å². The van der Waals surface area contributed by atoms with Crippen molar-refractivity contribution in [1.82, 2.24) is 0 Å². The Morgan fingerprint density at radius 1 is 1.06 bits per heavy atom. The molecule has 1 N–H and O–H groups in total. The van der Waals surface area contributed by atoms with Gasteiger partial charge in [0.1, 0.15) is 5.60 Å². The molecule has 3 saturated carbocycles. The number of rotatable bonds is 8. The average Bonchev–Trinajstić information content (AvgIpc) is 3.05. The molecule has 0 bridgehead atoms. The van der Waals surface area contributed by atoms with Gasteiger partial charge in [-0.05, 0) is 88.0 Å². The summed E-state index contributed by atoms with van der Waals surface area (Å²) in [4.78, 5) is 25.5. The highest BCUT2D eigenvalue weighted by atomic mass is 31.2. The van der Waals surface area contributed by atoms with Gasteiger partial charge in [0.05, 0.1) is 19.4 Å². The van der Waals surface area contributed by atoms with E-state index in [0.29, 0.717) is 30.6 Å². The van der Waals surface area contributed by atoms with Gasteiger partial charge in [-0.1, -0.05) is 19.4 Å². The van der Waals surface area contributed by atoms with Crippen LogP contribution in [0.1, 0.15) is 85.5 Å². The number of allylic oxidation sites excluding steroid dienone is 1. The quantitative estimate of drug-likeness (QED) is 0.463. The molecule has 6 unspecified atom stereocenters. The molecule has 0 aromatic rings. The van der Waals surface area contributed by atoms with Crippen molar-refractivity contribution in [3.8, 4) is 0 Å². The second-order valence-electron chi connectivity index (χ2n) is 11.2. The third kappa shape index (κ3) is 4.03. The van der Waals surface area contributed by atoms with Crippen LogP contribution in [0.4, 0.5) is 0 Å². The van der Waals surface area contributed by atoms with Crippen LogP contribution < -0.4 is 0 Å². The maximum atomic E-state index is 13.4. The summed E-state index contributed by atoms with van der Waals surface area (Å²) in [5.74, 6) is 1.33. The Balaban J connectivity index is 1.52. The minimum atomic E-state index is -3.32. The van der Waals surface area contributed by atoms with Crippen molar-refractivity contribution < 1.29 is 28.3 Å². The number of carbonyl (C=O) groups excluding carboxylic acids is 2. The number of ketones is 2. The van der Waals surface area contributed by atoms with Crippen molar-refractivity contribution >= 4 is 19.2 Å². The minimum absolute atomic E-state index is 0.0108. The second kappa shape index (κ2) is 9.00. The van der Waals surface area contributed by atoms with Crippen molar-refractivity contribution in [3.63, 3.8) is 0 Å². The van der Waals surface area contributed by atoms with Crippen LogP contribution in [0.2, 0.25) is 0 Å². The van der Waals surface area contributed by atoms with E-state index in [2.05, 4.69) is 13.8 Å². The Kier molecular flexibility index (Phi) is 6.90. The van der Waals surface area contributed by atoms with E-state index in [9.17, 15) is 19.3 Å². The molecule has 0 aliphatic heterocycles. The lowest BCUT2D eigenvalue weighted by atomic mass is 9.46. The molecule has 0 saturated heterocycles. The van der Waals surface area contributed by atoms with Crippen LogP contribution in [-0.4, -0.2) is 41.6 Å². The number of aliphatic hydroxyl groups is 1. The van der Waals surface area contributed by atoms with Gasteiger partial charge in [-0.25, -0.2) is 0 Å². The topological polar surface area (TPSA) is 89.9 Å². The van der Waals surface area contributed by atoms with E-state index in [-0.39, 0.29) is 42.8 Å². The Morgan fingerprint density at radius 2 is 1.73 bits per heavy atom. The van der Waals surface area contributed by atoms with E-state index >= 15 is 0 Å². The van der Waals surface area contributed by atoms with Crippen LogP contribution in [0.3, 0.4) is 0 Å². The zero-order chi connectivity index (χ0) is 24.1. The number of carbonyl (C=O) groups is 2. The highest BCUT2D eigenvalue weighted by molar-refractivity contribution is 7.53. The lowest BCUT2D eigenvalue weighted by molar-refractivity contribution is -0.161. The largest absolute Gasteiger partial charge is 0.381 e. The summed E-state index contributed by atoms with van der Waals surface area (Å²) in [5, 5.41) is 11.8. The van der Waals surface area contributed by atoms with Gasteiger partial charge < -0.3 is 14.2 Å². The Bertz CT molecular complexity index is 872. The predicted molar refractivity (Wildman–Crippen MR) is 127 cm³/mol. The van der Waals surface area contributed by atoms with Gasteiger partial charge >= 0.3 is 7.60 Å². The Morgan fingerprint density at radius 3 is 2.39 bits per heavy atom. The maximum absolute atomic E-state index is 13.4. The fourth-order valence-corrected chi connectivity index (χ4v) is 9.63. The molecule has 0 heterocycles. The molecular formula is C26H41O6P. The third-order valence-corrected chi connectivity index (χ3v) is 11.9. The molecule has 3 fully saturated rings. The maximum Gasteiger partial charge on any atom is 0.331 e. The summed E-state index contributed by atoms with van der Waals surface area (Å²) in [5.41, 5.74) is -0.444. The molecule has 6 atom stereocenters. The van der Waals surface area contributed by atoms with Gasteiger partial charge in [0.15, 0.2) is 11.6 Å². The molecule has 4 aliphatic rings. The van der Waals surface area contributed by atoms with E-state index in [1.807, 2.05) is 6.08 Å². The molecule has 0 amide bonds. The summed E-state index contributed by atoms with van der Waals surface area (Å²) in [6, 6.07) is 0. The predicted octanol–water partition coefficient (Wildman–Crippen LogP) is 5.47. The molecule has 0 aromatic heterocycles. The second-order valence-corrected chi connectivity index (χ2v) is 13.4. The zero-order valence-corrected chi connectivity index (χ0v) is 21.6. The van der Waals surface area contributed by atoms with Crippen LogP contribution in [0.5, 0.6) is 0 Å². The molecule has 186 valence electrons. The first kappa shape index (κ1) is 25.3. The van der Waals surface area contributed by atoms with E-state index < -0.39 is 18.6 Å². The Labute approximate surface area is 198 Å². The summed E-state index contributed by atoms with van der Waals surface area (Å²) < 4.78 is 23.6. The molecule has 4 aliphatic carbocycles. The first-order valence-corrected chi connectivity index (χ1v) is 14.6. The molecular weight excluding hydrogens is 439 g/mol. The van der Waals surface area contributed by atoms with E-state index in [4.69, 9.17) is 9.05 Å². The van der Waals surface area contributed by atoms with Gasteiger partial charge in [0.25, 0.3) is 0 Å². The zero-order valence-electron chi connectivity index (χ0n) is 20.7. The van der Waals surface area contributed by atoms with Gasteiger partial charge in [0, 0.05) is 18.3 Å². The lowest BCUT2D eigenvalue weighted by Gasteiger charge is -2.58. The standard InChI is InChI=1S/C26H41O6P/c1-5-31-33(30,32-6-2)16-12-23(28)26(29)15-11-22-20-8-7-18-17-19(27)9-13-24(18,3)21(20)10-14-25(22,26)4/h17,20-22,29H,5-16H2,1-4H3. The van der Waals surface area contributed by atoms with Gasteiger partial charge in [-0.3, -0.25) is 14.2 Å². The lowest BCUT2D eigenvalue weighted by Crippen LogP contribution is -2.57. The van der Waals surface area contributed by atoms with Crippen LogP contribution in [-0.2, 0) is 23.2 Å². The molecule has 7 heteroatoms. The Hall–Kier alpha value is -0.810. The van der Waals surface area contributed by atoms with Gasteiger partial charge in [-0.2, -0.15) is 0 Å². The van der Waals surface area contributed by atoms with Crippen LogP contribution in [0.15, 0.2) is 11.6 Å². The minimum Gasteiger partial charge on any atom is -0.381 e. The van der Waals surface area contributed by atoms with E-state index in [1.54, 1.807) is 13.8 Å². The number of hydrogen-bond acceptors (Lipinski definition) is 6. The first-order valence-electron chi connectivity index (χ1n) is 12.9. The first-order chi connectivity index (χ1) is 15.5. The molecule has 4 rings (SSSR count). The normalized spacial score (nSPS) is 40.6. The van der Waals surface area contributed by atoms with E-state index in [1.165, 1.54) is 5.57 Å². The summed E-state index contributed by atoms with van der Waals surface area (Å²) in [6.45, 7) is 8.50. The summed E-state index contributed by atoms with van der Waals surface area (Å²) in [7, 11) is -3.32. The van der Waals surface area contributed by atoms with Crippen molar-refractivity contribution in [2.24, 2.45) is 28.6 Å². The molecule has 0 aromatic carbocycles. The molecule has 0 spiro atoms. The SMILES string of the molecule is CCOP(=O)(CCC(=O)C1(O)CCC2C3CCC4=CC(=O)CCC4(C)C3CCC21C)OCC. The highest BCUT2D eigenvalue weighted by Gasteiger charge is 2.66. The smallest absolute Gasteiger partial charge is 0.331 e. The van der Waals surface area contributed by atoms with Crippen molar-refractivity contribution in [2.75, 3.05) is 19.4 Å². The third-order valence-electron chi connectivity index (χ3n) is 9.84. The highest BCUT2D eigenvalue weighted by Crippen LogP contribution is 2.67. The van der Waals surface area contributed by atoms with E-state index in [0.717, 1.165) is 38.5 Å². The van der Waals surface area contributed by atoms with Crippen LogP contribution in [0, 0.1) is 28.6 Å². The molecule has 0 radical (unpaired) electrons. The van der Waals surface area contributed by atoms with Crippen molar-refractivity contribution in [2.45, 2.75) is 91.1 Å².